The molecule has 0 aromatic carbocycles. The lowest BCUT2D eigenvalue weighted by atomic mass is 9.95. The second-order valence-corrected chi connectivity index (χ2v) is 5.61. The van der Waals surface area contributed by atoms with Crippen molar-refractivity contribution in [1.82, 2.24) is 10.3 Å². The van der Waals surface area contributed by atoms with Crippen LogP contribution in [-0.4, -0.2) is 22.8 Å². The molecular weight excluding hydrogens is 220 g/mol. The predicted octanol–water partition coefficient (Wildman–Crippen LogP) is 3.08. The molecule has 16 heavy (non-hydrogen) atoms. The zero-order valence-corrected chi connectivity index (χ0v) is 10.6. The zero-order valence-electron chi connectivity index (χ0n) is 9.82. The Labute approximate surface area is 101 Å². The second kappa shape index (κ2) is 6.30. The highest BCUT2D eigenvalue weighted by molar-refractivity contribution is 7.99. The number of nitrogens with one attached hydrogen (secondary N) is 1. The maximum atomic E-state index is 5.28. The van der Waals surface area contributed by atoms with Crippen LogP contribution in [0.1, 0.15) is 39.0 Å². The molecule has 3 nitrogen and oxygen atoms in total. The Morgan fingerprint density at radius 1 is 1.56 bits per heavy atom. The first-order valence-corrected chi connectivity index (χ1v) is 7.06. The number of nitrogens with zero attached hydrogens (tertiary/aromatic N) is 1. The summed E-state index contributed by atoms with van der Waals surface area (Å²) in [6, 6.07) is 0.696. The molecule has 2 rings (SSSR count). The predicted molar refractivity (Wildman–Crippen MR) is 66.7 cm³/mol. The minimum absolute atomic E-state index is 0.668. The normalized spacial score (nSPS) is 25.8. The zero-order chi connectivity index (χ0) is 11.2. The van der Waals surface area contributed by atoms with Crippen LogP contribution >= 0.6 is 11.8 Å². The van der Waals surface area contributed by atoms with E-state index in [1.165, 1.54) is 32.1 Å². The van der Waals surface area contributed by atoms with Gasteiger partial charge in [-0.2, -0.15) is 0 Å². The third-order valence-electron chi connectivity index (χ3n) is 2.99. The molecule has 0 amide bonds. The van der Waals surface area contributed by atoms with E-state index in [-0.39, 0.29) is 0 Å². The quantitative estimate of drug-likeness (QED) is 0.858. The van der Waals surface area contributed by atoms with Gasteiger partial charge < -0.3 is 9.73 Å². The van der Waals surface area contributed by atoms with E-state index in [2.05, 4.69) is 17.2 Å². The fourth-order valence-electron chi connectivity index (χ4n) is 2.20. The maximum Gasteiger partial charge on any atom is 0.255 e. The molecule has 4 heteroatoms. The van der Waals surface area contributed by atoms with E-state index in [9.17, 15) is 0 Å². The van der Waals surface area contributed by atoms with Crippen molar-refractivity contribution in [1.29, 1.82) is 0 Å². The average Bonchev–Trinajstić information content (AvgIpc) is 2.80. The van der Waals surface area contributed by atoms with Crippen LogP contribution < -0.4 is 5.32 Å². The van der Waals surface area contributed by atoms with Crippen LogP contribution in [0.4, 0.5) is 0 Å². The van der Waals surface area contributed by atoms with Crippen LogP contribution in [0.25, 0.3) is 0 Å². The summed E-state index contributed by atoms with van der Waals surface area (Å²) >= 11 is 1.79. The molecule has 2 unspecified atom stereocenters. The molecule has 1 saturated carbocycles. The van der Waals surface area contributed by atoms with E-state index in [1.807, 2.05) is 0 Å². The minimum atomic E-state index is 0.668. The van der Waals surface area contributed by atoms with Crippen molar-refractivity contribution in [2.45, 2.75) is 55.5 Å². The average molecular weight is 240 g/mol. The number of rotatable bonds is 5. The largest absolute Gasteiger partial charge is 0.440 e. The first-order chi connectivity index (χ1) is 7.88. The highest BCUT2D eigenvalue weighted by atomic mass is 32.2. The second-order valence-electron chi connectivity index (χ2n) is 4.36. The molecule has 1 fully saturated rings. The van der Waals surface area contributed by atoms with E-state index in [0.717, 1.165) is 11.8 Å². The van der Waals surface area contributed by atoms with Gasteiger partial charge in [0.2, 0.25) is 0 Å². The summed E-state index contributed by atoms with van der Waals surface area (Å²) in [4.78, 5) is 4.17. The van der Waals surface area contributed by atoms with Crippen molar-refractivity contribution >= 4 is 11.8 Å². The molecule has 0 spiro atoms. The molecule has 1 aromatic heterocycles. The molecule has 90 valence electrons. The topological polar surface area (TPSA) is 38.1 Å². The van der Waals surface area contributed by atoms with Crippen LogP contribution in [0.15, 0.2) is 22.1 Å². The van der Waals surface area contributed by atoms with E-state index in [1.54, 1.807) is 24.2 Å². The van der Waals surface area contributed by atoms with Gasteiger partial charge in [-0.1, -0.05) is 25.1 Å². The molecule has 0 aliphatic heterocycles. The van der Waals surface area contributed by atoms with Gasteiger partial charge in [0.15, 0.2) is 0 Å². The third-order valence-corrected chi connectivity index (χ3v) is 4.15. The lowest BCUT2D eigenvalue weighted by Gasteiger charge is -2.28. The van der Waals surface area contributed by atoms with Gasteiger partial charge in [0.05, 0.1) is 6.20 Å². The maximum absolute atomic E-state index is 5.28. The molecule has 0 saturated heterocycles. The molecule has 0 bridgehead atoms. The van der Waals surface area contributed by atoms with Crippen molar-refractivity contribution < 1.29 is 4.42 Å². The van der Waals surface area contributed by atoms with E-state index in [0.29, 0.717) is 11.3 Å². The Morgan fingerprint density at radius 3 is 3.25 bits per heavy atom. The Hall–Kier alpha value is -0.480. The van der Waals surface area contributed by atoms with Crippen LogP contribution in [0.5, 0.6) is 0 Å². The molecular formula is C12H20N2OS. The summed E-state index contributed by atoms with van der Waals surface area (Å²) in [7, 11) is 0. The fourth-order valence-corrected chi connectivity index (χ4v) is 3.33. The van der Waals surface area contributed by atoms with Gasteiger partial charge in [-0.15, -0.1) is 0 Å². The van der Waals surface area contributed by atoms with Gasteiger partial charge >= 0.3 is 0 Å². The van der Waals surface area contributed by atoms with Gasteiger partial charge in [-0.3, -0.25) is 0 Å². The monoisotopic (exact) mass is 240 g/mol. The summed E-state index contributed by atoms with van der Waals surface area (Å²) in [5.41, 5.74) is 0. The summed E-state index contributed by atoms with van der Waals surface area (Å²) in [6.45, 7) is 3.36. The van der Waals surface area contributed by atoms with E-state index >= 15 is 0 Å². The van der Waals surface area contributed by atoms with Crippen molar-refractivity contribution in [3.05, 3.63) is 12.5 Å². The number of oxazole rings is 1. The van der Waals surface area contributed by atoms with Crippen LogP contribution in [0, 0.1) is 0 Å². The van der Waals surface area contributed by atoms with Crippen LogP contribution in [0.2, 0.25) is 0 Å². The Balaban J connectivity index is 1.77. The Bertz CT molecular complexity index is 289. The molecule has 1 heterocycles. The summed E-state index contributed by atoms with van der Waals surface area (Å²) in [5, 5.41) is 5.11. The summed E-state index contributed by atoms with van der Waals surface area (Å²) < 4.78 is 5.28. The molecule has 1 aliphatic rings. The first kappa shape index (κ1) is 12.0. The smallest absolute Gasteiger partial charge is 0.255 e. The highest BCUT2D eigenvalue weighted by Gasteiger charge is 2.23. The molecule has 1 N–H and O–H groups in total. The van der Waals surface area contributed by atoms with Gasteiger partial charge in [0.1, 0.15) is 6.26 Å². The molecule has 1 aliphatic carbocycles. The Morgan fingerprint density at radius 2 is 2.50 bits per heavy atom. The Kier molecular flexibility index (Phi) is 4.72. The number of thioether (sulfide) groups is 1. The number of aromatic nitrogens is 1. The SMILES string of the molecule is CCCNC1CCCC(Sc2ncco2)C1. The van der Waals surface area contributed by atoms with Gasteiger partial charge in [0, 0.05) is 11.3 Å². The van der Waals surface area contributed by atoms with Gasteiger partial charge in [-0.05, 0) is 32.2 Å². The highest BCUT2D eigenvalue weighted by Crippen LogP contribution is 2.32. The van der Waals surface area contributed by atoms with Crippen molar-refractivity contribution in [3.8, 4) is 0 Å². The molecule has 1 aromatic rings. The van der Waals surface area contributed by atoms with Gasteiger partial charge in [0.25, 0.3) is 5.22 Å². The lowest BCUT2D eigenvalue weighted by Crippen LogP contribution is -2.35. The summed E-state index contributed by atoms with van der Waals surface area (Å²) in [6.07, 6.45) is 9.76. The van der Waals surface area contributed by atoms with E-state index in [4.69, 9.17) is 4.42 Å². The van der Waals surface area contributed by atoms with E-state index < -0.39 is 0 Å². The van der Waals surface area contributed by atoms with Crippen LogP contribution in [-0.2, 0) is 0 Å². The number of hydrogen-bond acceptors (Lipinski definition) is 4. The fraction of sp³-hybridized carbons (Fsp3) is 0.750. The lowest BCUT2D eigenvalue weighted by molar-refractivity contribution is 0.378. The third kappa shape index (κ3) is 3.52. The molecule has 0 radical (unpaired) electrons. The minimum Gasteiger partial charge on any atom is -0.440 e. The van der Waals surface area contributed by atoms with Gasteiger partial charge in [-0.25, -0.2) is 4.98 Å². The molecule has 2 atom stereocenters. The summed E-state index contributed by atoms with van der Waals surface area (Å²) in [5.74, 6) is 0. The van der Waals surface area contributed by atoms with Crippen molar-refractivity contribution in [2.24, 2.45) is 0 Å². The first-order valence-electron chi connectivity index (χ1n) is 6.18. The van der Waals surface area contributed by atoms with Crippen molar-refractivity contribution in [3.63, 3.8) is 0 Å². The number of hydrogen-bond donors (Lipinski definition) is 1. The van der Waals surface area contributed by atoms with Crippen LogP contribution in [0.3, 0.4) is 0 Å². The standard InChI is InChI=1S/C12H20N2OS/c1-2-6-13-10-4-3-5-11(9-10)16-12-14-7-8-15-12/h7-8,10-11,13H,2-6,9H2,1H3. The van der Waals surface area contributed by atoms with Crippen molar-refractivity contribution in [2.75, 3.05) is 6.54 Å².